The third-order valence-corrected chi connectivity index (χ3v) is 9.44. The Kier molecular flexibility index (Phi) is 6.70. The predicted octanol–water partition coefficient (Wildman–Crippen LogP) is 5.05. The second kappa shape index (κ2) is 10.5. The molecule has 1 spiro atoms. The maximum Gasteiger partial charge on any atom is 0.325 e. The molecule has 3 aromatic carbocycles. The number of anilines is 1. The summed E-state index contributed by atoms with van der Waals surface area (Å²) in [5, 5.41) is 13.9. The fraction of sp³-hybridized carbons (Fsp3) is 0.212. The van der Waals surface area contributed by atoms with E-state index >= 15 is 0 Å². The van der Waals surface area contributed by atoms with Crippen molar-refractivity contribution in [2.45, 2.75) is 29.6 Å². The van der Waals surface area contributed by atoms with Gasteiger partial charge >= 0.3 is 11.9 Å². The first-order valence-electron chi connectivity index (χ1n) is 13.8. The van der Waals surface area contributed by atoms with Crippen molar-refractivity contribution in [2.24, 2.45) is 5.92 Å². The van der Waals surface area contributed by atoms with E-state index in [1.807, 2.05) is 77.7 Å². The number of hydrogen-bond acceptors (Lipinski definition) is 7. The summed E-state index contributed by atoms with van der Waals surface area (Å²) in [6, 6.07) is 26.6. The molecule has 2 fully saturated rings. The standard InChI is InChI=1S/C33H26IN3O6/c1-42-24-14-8-13-23(35-24)29-33(21-17-20(34)15-16-22(21)36-32(33)41)25(30(38)39)27-31(40)43-28(19-11-6-3-7-12-19)26(37(27)29)18-9-4-2-5-10-18/h2-17,25-29H,1H3,(H,36,41)(H,38,39)/t25-,26-,27-,28+,29+,33-/m0/s1. The number of pyridine rings is 1. The number of aromatic nitrogens is 1. The summed E-state index contributed by atoms with van der Waals surface area (Å²) in [6.07, 6.45) is -0.787. The molecule has 7 rings (SSSR count). The number of carboxylic acid groups (broad SMARTS) is 1. The normalized spacial score (nSPS) is 27.7. The Balaban J connectivity index is 1.58. The smallest absolute Gasteiger partial charge is 0.325 e. The highest BCUT2D eigenvalue weighted by atomic mass is 127. The van der Waals surface area contributed by atoms with E-state index in [2.05, 4.69) is 27.9 Å². The minimum absolute atomic E-state index is 0.305. The van der Waals surface area contributed by atoms with Crippen molar-refractivity contribution in [1.82, 2.24) is 9.88 Å². The first-order chi connectivity index (χ1) is 20.9. The van der Waals surface area contributed by atoms with Gasteiger partial charge in [0.25, 0.3) is 0 Å². The van der Waals surface area contributed by atoms with Gasteiger partial charge in [-0.25, -0.2) is 4.98 Å². The second-order valence-corrected chi connectivity index (χ2v) is 12.1. The molecule has 43 heavy (non-hydrogen) atoms. The molecule has 2 N–H and O–H groups in total. The molecule has 3 aliphatic rings. The molecule has 4 aromatic rings. The Labute approximate surface area is 261 Å². The SMILES string of the molecule is COc1cccc([C@H]2N3[C@H](C(=O)O[C@H](c4ccccc4)[C@@H]3c3ccccc3)[C@@H](C(=O)O)[C@]23C(=O)Nc2ccc(I)cc23)n1. The number of nitrogens with one attached hydrogen (secondary N) is 1. The number of cyclic esters (lactones) is 1. The summed E-state index contributed by atoms with van der Waals surface area (Å²) in [7, 11) is 1.50. The first-order valence-corrected chi connectivity index (χ1v) is 14.9. The molecular weight excluding hydrogens is 661 g/mol. The van der Waals surface area contributed by atoms with E-state index in [-0.39, 0.29) is 0 Å². The molecule has 0 saturated carbocycles. The number of benzene rings is 3. The zero-order valence-corrected chi connectivity index (χ0v) is 25.0. The number of fused-ring (bicyclic) bond motifs is 3. The molecule has 1 amide bonds. The molecule has 0 bridgehead atoms. The van der Waals surface area contributed by atoms with Gasteiger partial charge in [-0.15, -0.1) is 0 Å². The quantitative estimate of drug-likeness (QED) is 0.221. The summed E-state index contributed by atoms with van der Waals surface area (Å²) in [5.41, 5.74) is 1.27. The van der Waals surface area contributed by atoms with Gasteiger partial charge in [0.2, 0.25) is 11.8 Å². The van der Waals surface area contributed by atoms with Crippen molar-refractivity contribution < 1.29 is 29.0 Å². The Bertz CT molecular complexity index is 1750. The van der Waals surface area contributed by atoms with Crippen LogP contribution in [-0.4, -0.2) is 46.0 Å². The number of nitrogens with zero attached hydrogens (tertiary/aromatic N) is 2. The fourth-order valence-corrected chi connectivity index (χ4v) is 7.68. The van der Waals surface area contributed by atoms with Crippen LogP contribution in [0.4, 0.5) is 5.69 Å². The molecular formula is C33H26IN3O6. The molecule has 0 unspecified atom stereocenters. The number of rotatable bonds is 5. The number of amides is 1. The van der Waals surface area contributed by atoms with Crippen LogP contribution in [0.2, 0.25) is 0 Å². The number of carbonyl (C=O) groups is 3. The minimum Gasteiger partial charge on any atom is -0.481 e. The van der Waals surface area contributed by atoms with Crippen molar-refractivity contribution >= 4 is 46.1 Å². The van der Waals surface area contributed by atoms with E-state index in [0.29, 0.717) is 22.8 Å². The molecule has 216 valence electrons. The summed E-state index contributed by atoms with van der Waals surface area (Å²) in [4.78, 5) is 48.7. The average molecular weight is 687 g/mol. The minimum atomic E-state index is -1.72. The monoisotopic (exact) mass is 687 g/mol. The van der Waals surface area contributed by atoms with Gasteiger partial charge in [0, 0.05) is 15.3 Å². The van der Waals surface area contributed by atoms with Crippen molar-refractivity contribution in [3.63, 3.8) is 0 Å². The molecule has 9 nitrogen and oxygen atoms in total. The number of carboxylic acids is 1. The van der Waals surface area contributed by atoms with E-state index in [1.54, 1.807) is 24.3 Å². The van der Waals surface area contributed by atoms with Gasteiger partial charge in [-0.05, 0) is 63.5 Å². The van der Waals surface area contributed by atoms with E-state index in [1.165, 1.54) is 7.11 Å². The van der Waals surface area contributed by atoms with Crippen molar-refractivity contribution in [2.75, 3.05) is 12.4 Å². The summed E-state index contributed by atoms with van der Waals surface area (Å²) >= 11 is 2.15. The van der Waals surface area contributed by atoms with Gasteiger partial charge in [0.1, 0.15) is 23.5 Å². The van der Waals surface area contributed by atoms with Crippen LogP contribution in [-0.2, 0) is 24.5 Å². The molecule has 6 atom stereocenters. The molecule has 3 aliphatic heterocycles. The van der Waals surface area contributed by atoms with Gasteiger partial charge < -0.3 is 19.9 Å². The third kappa shape index (κ3) is 4.07. The van der Waals surface area contributed by atoms with E-state index in [0.717, 1.165) is 14.7 Å². The average Bonchev–Trinajstić information content (AvgIpc) is 3.50. The number of carbonyl (C=O) groups excluding carboxylic acids is 2. The molecule has 0 radical (unpaired) electrons. The van der Waals surface area contributed by atoms with Crippen molar-refractivity contribution in [3.8, 4) is 5.88 Å². The maximum absolute atomic E-state index is 14.4. The number of aliphatic carboxylic acids is 1. The summed E-state index contributed by atoms with van der Waals surface area (Å²) in [6.45, 7) is 0. The Morgan fingerprint density at radius 1 is 0.953 bits per heavy atom. The highest BCUT2D eigenvalue weighted by Gasteiger charge is 2.74. The summed E-state index contributed by atoms with van der Waals surface area (Å²) in [5.74, 6) is -3.66. The van der Waals surface area contributed by atoms with Crippen LogP contribution >= 0.6 is 22.6 Å². The lowest BCUT2D eigenvalue weighted by Crippen LogP contribution is -2.52. The highest BCUT2D eigenvalue weighted by Crippen LogP contribution is 2.64. The number of methoxy groups -OCH3 is 1. The summed E-state index contributed by atoms with van der Waals surface area (Å²) < 4.78 is 12.5. The van der Waals surface area contributed by atoms with Crippen LogP contribution in [0.5, 0.6) is 5.88 Å². The maximum atomic E-state index is 14.4. The number of halogens is 1. The van der Waals surface area contributed by atoms with Gasteiger partial charge in [-0.1, -0.05) is 66.7 Å². The first kappa shape index (κ1) is 27.5. The number of morpholine rings is 1. The van der Waals surface area contributed by atoms with Crippen molar-refractivity contribution in [3.05, 3.63) is 123 Å². The largest absolute Gasteiger partial charge is 0.481 e. The lowest BCUT2D eigenvalue weighted by molar-refractivity contribution is -0.179. The predicted molar refractivity (Wildman–Crippen MR) is 164 cm³/mol. The van der Waals surface area contributed by atoms with E-state index in [9.17, 15) is 19.5 Å². The third-order valence-electron chi connectivity index (χ3n) is 8.77. The second-order valence-electron chi connectivity index (χ2n) is 10.9. The van der Waals surface area contributed by atoms with Crippen LogP contribution in [0.25, 0.3) is 0 Å². The van der Waals surface area contributed by atoms with Gasteiger partial charge in [-0.2, -0.15) is 0 Å². The lowest BCUT2D eigenvalue weighted by atomic mass is 9.66. The zero-order chi connectivity index (χ0) is 29.9. The van der Waals surface area contributed by atoms with E-state index < -0.39 is 53.4 Å². The number of esters is 1. The van der Waals surface area contributed by atoms with Gasteiger partial charge in [0.05, 0.1) is 24.9 Å². The zero-order valence-electron chi connectivity index (χ0n) is 22.9. The molecule has 0 aliphatic carbocycles. The van der Waals surface area contributed by atoms with Gasteiger partial charge in [-0.3, -0.25) is 19.3 Å². The molecule has 1 aromatic heterocycles. The van der Waals surface area contributed by atoms with Crippen LogP contribution in [0, 0.1) is 9.49 Å². The molecule has 10 heteroatoms. The van der Waals surface area contributed by atoms with E-state index in [4.69, 9.17) is 14.5 Å². The highest BCUT2D eigenvalue weighted by molar-refractivity contribution is 14.1. The van der Waals surface area contributed by atoms with Gasteiger partial charge in [0.15, 0.2) is 0 Å². The number of ether oxygens (including phenoxy) is 2. The Morgan fingerprint density at radius 2 is 1.65 bits per heavy atom. The fourth-order valence-electron chi connectivity index (χ4n) is 7.19. The van der Waals surface area contributed by atoms with Crippen LogP contribution in [0.3, 0.4) is 0 Å². The Morgan fingerprint density at radius 3 is 2.33 bits per heavy atom. The lowest BCUT2D eigenvalue weighted by Gasteiger charge is -2.45. The topological polar surface area (TPSA) is 118 Å². The van der Waals surface area contributed by atoms with Crippen molar-refractivity contribution in [1.29, 1.82) is 0 Å². The Hall–Kier alpha value is -4.29. The van der Waals surface area contributed by atoms with Crippen LogP contribution in [0.15, 0.2) is 97.1 Å². The van der Waals surface area contributed by atoms with Crippen LogP contribution < -0.4 is 10.1 Å². The van der Waals surface area contributed by atoms with Crippen LogP contribution in [0.1, 0.15) is 40.6 Å². The molecule has 4 heterocycles. The number of hydrogen-bond donors (Lipinski definition) is 2. The molecule has 2 saturated heterocycles.